The third-order valence-electron chi connectivity index (χ3n) is 4.17. The lowest BCUT2D eigenvalue weighted by Gasteiger charge is -2.27. The highest BCUT2D eigenvalue weighted by Gasteiger charge is 2.22. The molecule has 0 aliphatic carbocycles. The van der Waals surface area contributed by atoms with Crippen LogP contribution in [0, 0.1) is 5.82 Å². The minimum absolute atomic E-state index is 0.0605. The largest absolute Gasteiger partial charge is 0.356 e. The number of carbonyl (C=O) groups excluding carboxylic acids is 1. The highest BCUT2D eigenvalue weighted by molar-refractivity contribution is 5.85. The van der Waals surface area contributed by atoms with Gasteiger partial charge in [0.1, 0.15) is 12.4 Å². The molecule has 1 atom stereocenters. The van der Waals surface area contributed by atoms with Crippen molar-refractivity contribution in [3.63, 3.8) is 0 Å². The van der Waals surface area contributed by atoms with Crippen LogP contribution in [0.2, 0.25) is 0 Å². The molecule has 0 bridgehead atoms. The van der Waals surface area contributed by atoms with Crippen molar-refractivity contribution in [2.75, 3.05) is 27.2 Å². The number of guanidine groups is 1. The second kappa shape index (κ2) is 9.39. The summed E-state index contributed by atoms with van der Waals surface area (Å²) < 4.78 is 13.5. The Morgan fingerprint density at radius 1 is 1.36 bits per heavy atom. The first-order valence-corrected chi connectivity index (χ1v) is 8.66. The summed E-state index contributed by atoms with van der Waals surface area (Å²) in [5, 5.41) is 6.57. The quantitative estimate of drug-likeness (QED) is 0.587. The van der Waals surface area contributed by atoms with Crippen LogP contribution in [0.1, 0.15) is 39.7 Å². The van der Waals surface area contributed by atoms with Crippen LogP contribution in [0.3, 0.4) is 0 Å². The van der Waals surface area contributed by atoms with E-state index in [1.165, 1.54) is 11.0 Å². The van der Waals surface area contributed by atoms with E-state index in [2.05, 4.69) is 29.5 Å². The fourth-order valence-corrected chi connectivity index (χ4v) is 2.09. The number of halogens is 1. The van der Waals surface area contributed by atoms with Crippen molar-refractivity contribution < 1.29 is 9.18 Å². The van der Waals surface area contributed by atoms with Crippen molar-refractivity contribution in [1.29, 1.82) is 0 Å². The maximum Gasteiger partial charge on any atom is 0.243 e. The molecule has 0 saturated carbocycles. The van der Waals surface area contributed by atoms with Crippen molar-refractivity contribution in [2.24, 2.45) is 4.99 Å². The predicted octanol–water partition coefficient (Wildman–Crippen LogP) is 2.53. The fraction of sp³-hybridized carbons (Fsp3) is 0.579. The second-order valence-electron chi connectivity index (χ2n) is 7.15. The number of hydrogen-bond donors (Lipinski definition) is 2. The molecule has 0 aliphatic rings. The van der Waals surface area contributed by atoms with Gasteiger partial charge in [0, 0.05) is 32.1 Å². The van der Waals surface area contributed by atoms with Crippen molar-refractivity contribution in [3.05, 3.63) is 35.6 Å². The average Bonchev–Trinajstić information content (AvgIpc) is 2.56. The van der Waals surface area contributed by atoms with Gasteiger partial charge in [0.15, 0.2) is 5.96 Å². The van der Waals surface area contributed by atoms with E-state index in [4.69, 9.17) is 0 Å². The van der Waals surface area contributed by atoms with Gasteiger partial charge in [0.05, 0.1) is 0 Å². The molecule has 1 aromatic carbocycles. The number of likely N-dealkylation sites (N-methyl/N-ethyl adjacent to an activating group) is 1. The summed E-state index contributed by atoms with van der Waals surface area (Å²) in [6.45, 7) is 8.87. The molecule has 140 valence electrons. The number of nitrogens with one attached hydrogen (secondary N) is 2. The molecule has 0 radical (unpaired) electrons. The molecule has 25 heavy (non-hydrogen) atoms. The van der Waals surface area contributed by atoms with Gasteiger partial charge in [-0.1, -0.05) is 32.9 Å². The molecule has 0 spiro atoms. The van der Waals surface area contributed by atoms with E-state index in [1.54, 1.807) is 26.2 Å². The Kier molecular flexibility index (Phi) is 7.87. The van der Waals surface area contributed by atoms with Crippen LogP contribution in [0.25, 0.3) is 0 Å². The molecule has 5 nitrogen and oxygen atoms in total. The van der Waals surface area contributed by atoms with Crippen molar-refractivity contribution >= 4 is 11.9 Å². The Balaban J connectivity index is 2.82. The lowest BCUT2D eigenvalue weighted by Crippen LogP contribution is -2.46. The van der Waals surface area contributed by atoms with Gasteiger partial charge in [-0.15, -0.1) is 0 Å². The number of hydrogen-bond acceptors (Lipinski definition) is 2. The SMILES string of the molecule is CCC(C)NC(=NCC(=O)N(C)C)NCC(C)(C)c1cccc(F)c1. The third kappa shape index (κ3) is 7.11. The number of aliphatic imine (C=N–C) groups is 1. The lowest BCUT2D eigenvalue weighted by molar-refractivity contribution is -0.127. The standard InChI is InChI=1S/C19H31FN4O/c1-7-14(2)23-18(21-12-17(25)24(5)6)22-13-19(3,4)15-9-8-10-16(20)11-15/h8-11,14H,7,12-13H2,1-6H3,(H2,21,22,23). The van der Waals surface area contributed by atoms with Crippen LogP contribution in [0.15, 0.2) is 29.3 Å². The molecule has 0 aromatic heterocycles. The van der Waals surface area contributed by atoms with Crippen LogP contribution < -0.4 is 10.6 Å². The van der Waals surface area contributed by atoms with Crippen LogP contribution in [0.4, 0.5) is 4.39 Å². The fourth-order valence-electron chi connectivity index (χ4n) is 2.09. The zero-order chi connectivity index (χ0) is 19.0. The minimum Gasteiger partial charge on any atom is -0.356 e. The topological polar surface area (TPSA) is 56.7 Å². The molecule has 0 heterocycles. The summed E-state index contributed by atoms with van der Waals surface area (Å²) in [6, 6.07) is 6.86. The van der Waals surface area contributed by atoms with Gasteiger partial charge in [-0.2, -0.15) is 0 Å². The normalized spacial score (nSPS) is 13.3. The number of carbonyl (C=O) groups is 1. The van der Waals surface area contributed by atoms with E-state index < -0.39 is 0 Å². The molecule has 2 N–H and O–H groups in total. The number of nitrogens with zero attached hydrogens (tertiary/aromatic N) is 2. The van der Waals surface area contributed by atoms with Crippen molar-refractivity contribution in [2.45, 2.75) is 45.6 Å². The summed E-state index contributed by atoms with van der Waals surface area (Å²) in [7, 11) is 3.42. The Bertz CT molecular complexity index is 599. The Morgan fingerprint density at radius 3 is 2.60 bits per heavy atom. The van der Waals surface area contributed by atoms with E-state index in [0.717, 1.165) is 12.0 Å². The van der Waals surface area contributed by atoms with Gasteiger partial charge in [0.2, 0.25) is 5.91 Å². The van der Waals surface area contributed by atoms with Crippen LogP contribution >= 0.6 is 0 Å². The summed E-state index contributed by atoms with van der Waals surface area (Å²) >= 11 is 0. The highest BCUT2D eigenvalue weighted by atomic mass is 19.1. The second-order valence-corrected chi connectivity index (χ2v) is 7.15. The van der Waals surface area contributed by atoms with E-state index in [0.29, 0.717) is 12.5 Å². The van der Waals surface area contributed by atoms with Gasteiger partial charge in [0.25, 0.3) is 0 Å². The van der Waals surface area contributed by atoms with Gasteiger partial charge >= 0.3 is 0 Å². The van der Waals surface area contributed by atoms with Gasteiger partial charge in [-0.25, -0.2) is 9.38 Å². The maximum absolute atomic E-state index is 13.5. The molecule has 0 aliphatic heterocycles. The summed E-state index contributed by atoms with van der Waals surface area (Å²) in [5.74, 6) is 0.289. The number of rotatable bonds is 7. The molecule has 1 unspecified atom stereocenters. The van der Waals surface area contributed by atoms with Gasteiger partial charge in [-0.05, 0) is 31.0 Å². The van der Waals surface area contributed by atoms with Gasteiger partial charge < -0.3 is 15.5 Å². The van der Waals surface area contributed by atoms with Gasteiger partial charge in [-0.3, -0.25) is 4.79 Å². The summed E-state index contributed by atoms with van der Waals surface area (Å²) in [6.07, 6.45) is 0.940. The molecule has 6 heteroatoms. The van der Waals surface area contributed by atoms with Crippen molar-refractivity contribution in [1.82, 2.24) is 15.5 Å². The molecule has 0 fully saturated rings. The first-order valence-electron chi connectivity index (χ1n) is 8.66. The predicted molar refractivity (Wildman–Crippen MR) is 101 cm³/mol. The lowest BCUT2D eigenvalue weighted by atomic mass is 9.84. The van der Waals surface area contributed by atoms with E-state index in [9.17, 15) is 9.18 Å². The maximum atomic E-state index is 13.5. The third-order valence-corrected chi connectivity index (χ3v) is 4.17. The molecule has 0 saturated heterocycles. The first kappa shape index (κ1) is 20.9. The minimum atomic E-state index is -0.286. The summed E-state index contributed by atoms with van der Waals surface area (Å²) in [4.78, 5) is 17.7. The molecule has 1 rings (SSSR count). The van der Waals surface area contributed by atoms with Crippen LogP contribution in [-0.2, 0) is 10.2 Å². The molecular formula is C19H31FN4O. The highest BCUT2D eigenvalue weighted by Crippen LogP contribution is 2.22. The van der Waals surface area contributed by atoms with Crippen LogP contribution in [-0.4, -0.2) is 50.0 Å². The first-order chi connectivity index (χ1) is 11.7. The Labute approximate surface area is 150 Å². The number of amides is 1. The Hall–Kier alpha value is -2.11. The van der Waals surface area contributed by atoms with Crippen molar-refractivity contribution in [3.8, 4) is 0 Å². The number of benzene rings is 1. The smallest absolute Gasteiger partial charge is 0.243 e. The summed E-state index contributed by atoms with van der Waals surface area (Å²) in [5.41, 5.74) is 0.623. The molecule has 1 aromatic rings. The monoisotopic (exact) mass is 350 g/mol. The van der Waals surface area contributed by atoms with E-state index >= 15 is 0 Å². The Morgan fingerprint density at radius 2 is 2.04 bits per heavy atom. The van der Waals surface area contributed by atoms with Crippen LogP contribution in [0.5, 0.6) is 0 Å². The van der Waals surface area contributed by atoms with E-state index in [1.807, 2.05) is 19.9 Å². The average molecular weight is 350 g/mol. The zero-order valence-electron chi connectivity index (χ0n) is 16.2. The van der Waals surface area contributed by atoms with E-state index in [-0.39, 0.29) is 29.7 Å². The molecule has 1 amide bonds. The molecular weight excluding hydrogens is 319 g/mol. The zero-order valence-corrected chi connectivity index (χ0v) is 16.2.